The normalized spacial score (nSPS) is 17.8. The van der Waals surface area contributed by atoms with Crippen LogP contribution in [-0.4, -0.2) is 42.9 Å². The highest BCUT2D eigenvalue weighted by molar-refractivity contribution is 7.15. The van der Waals surface area contributed by atoms with Crippen LogP contribution in [0.15, 0.2) is 0 Å². The number of aryl methyl sites for hydroxylation is 1. The second-order valence-electron chi connectivity index (χ2n) is 4.31. The number of methoxy groups -OCH3 is 1. The van der Waals surface area contributed by atoms with Crippen molar-refractivity contribution in [1.29, 1.82) is 0 Å². The van der Waals surface area contributed by atoms with Crippen LogP contribution < -0.4 is 4.90 Å². The van der Waals surface area contributed by atoms with Crippen LogP contribution in [0.4, 0.5) is 5.13 Å². The quantitative estimate of drug-likeness (QED) is 0.853. The zero-order valence-electron chi connectivity index (χ0n) is 10.7. The van der Waals surface area contributed by atoms with Gasteiger partial charge in [-0.1, -0.05) is 0 Å². The van der Waals surface area contributed by atoms with E-state index in [-0.39, 0.29) is 0 Å². The molecule has 0 bridgehead atoms. The summed E-state index contributed by atoms with van der Waals surface area (Å²) in [7, 11) is 1.68. The molecule has 1 aromatic heterocycles. The molecule has 1 N–H and O–H groups in total. The second-order valence-corrected chi connectivity index (χ2v) is 5.37. The molecular formula is C12H18N2O3S. The van der Waals surface area contributed by atoms with Crippen LogP contribution in [0, 0.1) is 0 Å². The number of carbonyl (C=O) groups is 1. The summed E-state index contributed by atoms with van der Waals surface area (Å²) in [6.45, 7) is 4.36. The van der Waals surface area contributed by atoms with Gasteiger partial charge in [-0.2, -0.15) is 0 Å². The average Bonchev–Trinajstić information content (AvgIpc) is 2.89. The molecule has 1 aromatic rings. The molecule has 1 atom stereocenters. The Morgan fingerprint density at radius 3 is 3.06 bits per heavy atom. The van der Waals surface area contributed by atoms with Gasteiger partial charge in [-0.15, -0.1) is 11.3 Å². The number of fused-ring (bicyclic) bond motifs is 1. The fraction of sp³-hybridized carbons (Fsp3) is 0.667. The summed E-state index contributed by atoms with van der Waals surface area (Å²) in [4.78, 5) is 18.9. The molecule has 0 amide bonds. The molecule has 1 unspecified atom stereocenters. The van der Waals surface area contributed by atoms with Gasteiger partial charge in [-0.05, 0) is 19.8 Å². The Balaban J connectivity index is 2.16. The fourth-order valence-electron chi connectivity index (χ4n) is 2.18. The number of hydrogen-bond donors (Lipinski definition) is 1. The zero-order valence-corrected chi connectivity index (χ0v) is 11.5. The van der Waals surface area contributed by atoms with Crippen molar-refractivity contribution in [1.82, 2.24) is 4.98 Å². The third-order valence-electron chi connectivity index (χ3n) is 3.22. The zero-order chi connectivity index (χ0) is 13.1. The van der Waals surface area contributed by atoms with Gasteiger partial charge in [-0.3, -0.25) is 4.79 Å². The number of aromatic nitrogens is 1. The summed E-state index contributed by atoms with van der Waals surface area (Å²) in [5, 5.41) is 10.1. The lowest BCUT2D eigenvalue weighted by atomic mass is 10.1. The van der Waals surface area contributed by atoms with Crippen molar-refractivity contribution in [2.75, 3.05) is 31.7 Å². The van der Waals surface area contributed by atoms with Crippen LogP contribution in [0.2, 0.25) is 0 Å². The number of carboxylic acid groups (broad SMARTS) is 1. The SMILES string of the molecule is CCN(CCOC)c1nc2c(s1)CCC2C(=O)O. The third kappa shape index (κ3) is 2.49. The van der Waals surface area contributed by atoms with Crippen molar-refractivity contribution >= 4 is 22.4 Å². The monoisotopic (exact) mass is 270 g/mol. The number of nitrogens with zero attached hydrogens (tertiary/aromatic N) is 2. The van der Waals surface area contributed by atoms with Gasteiger partial charge < -0.3 is 14.7 Å². The number of rotatable bonds is 6. The largest absolute Gasteiger partial charge is 0.481 e. The van der Waals surface area contributed by atoms with Gasteiger partial charge in [0.15, 0.2) is 5.13 Å². The van der Waals surface area contributed by atoms with E-state index in [4.69, 9.17) is 9.84 Å². The van der Waals surface area contributed by atoms with Crippen LogP contribution in [0.3, 0.4) is 0 Å². The lowest BCUT2D eigenvalue weighted by Gasteiger charge is -2.19. The van der Waals surface area contributed by atoms with Crippen molar-refractivity contribution in [3.05, 3.63) is 10.6 Å². The summed E-state index contributed by atoms with van der Waals surface area (Å²) >= 11 is 1.62. The van der Waals surface area contributed by atoms with Crippen molar-refractivity contribution in [3.63, 3.8) is 0 Å². The standard InChI is InChI=1S/C12H18N2O3S/c1-3-14(6-7-17-2)12-13-10-8(11(15)16)4-5-9(10)18-12/h8H,3-7H2,1-2H3,(H,15,16). The van der Waals surface area contributed by atoms with Crippen molar-refractivity contribution in [3.8, 4) is 0 Å². The number of carboxylic acids is 1. The Morgan fingerprint density at radius 1 is 1.67 bits per heavy atom. The Bertz CT molecular complexity index is 433. The van der Waals surface area contributed by atoms with Crippen LogP contribution >= 0.6 is 11.3 Å². The van der Waals surface area contributed by atoms with Crippen LogP contribution in [0.25, 0.3) is 0 Å². The number of hydrogen-bond acceptors (Lipinski definition) is 5. The highest BCUT2D eigenvalue weighted by Crippen LogP contribution is 2.39. The maximum absolute atomic E-state index is 11.1. The van der Waals surface area contributed by atoms with Gasteiger partial charge >= 0.3 is 5.97 Å². The van der Waals surface area contributed by atoms with Crippen LogP contribution in [0.5, 0.6) is 0 Å². The molecule has 0 aromatic carbocycles. The maximum Gasteiger partial charge on any atom is 0.312 e. The fourth-order valence-corrected chi connectivity index (χ4v) is 3.41. The van der Waals surface area contributed by atoms with Gasteiger partial charge in [-0.25, -0.2) is 4.98 Å². The molecule has 0 saturated carbocycles. The Morgan fingerprint density at radius 2 is 2.44 bits per heavy atom. The van der Waals surface area contributed by atoms with E-state index in [1.54, 1.807) is 18.4 Å². The lowest BCUT2D eigenvalue weighted by molar-refractivity contribution is -0.138. The molecule has 0 fully saturated rings. The second kappa shape index (κ2) is 5.67. The molecule has 18 heavy (non-hydrogen) atoms. The molecule has 1 heterocycles. The minimum atomic E-state index is -0.759. The Kier molecular flexibility index (Phi) is 4.19. The van der Waals surface area contributed by atoms with E-state index in [0.717, 1.165) is 35.2 Å². The van der Waals surface area contributed by atoms with Gasteiger partial charge in [0.1, 0.15) is 5.92 Å². The third-order valence-corrected chi connectivity index (χ3v) is 4.41. The molecule has 1 aliphatic carbocycles. The predicted octanol–water partition coefficient (Wildman–Crippen LogP) is 1.73. The Labute approximate surface area is 110 Å². The van der Waals surface area contributed by atoms with Gasteiger partial charge in [0.2, 0.25) is 0 Å². The number of ether oxygens (including phenoxy) is 1. The topological polar surface area (TPSA) is 62.7 Å². The molecule has 100 valence electrons. The molecule has 0 radical (unpaired) electrons. The first-order valence-electron chi connectivity index (χ1n) is 6.13. The summed E-state index contributed by atoms with van der Waals surface area (Å²) < 4.78 is 5.07. The number of likely N-dealkylation sites (N-methyl/N-ethyl adjacent to an activating group) is 1. The van der Waals surface area contributed by atoms with E-state index in [2.05, 4.69) is 16.8 Å². The molecule has 0 aliphatic heterocycles. The van der Waals surface area contributed by atoms with E-state index in [0.29, 0.717) is 13.0 Å². The van der Waals surface area contributed by atoms with Crippen LogP contribution in [-0.2, 0) is 16.0 Å². The smallest absolute Gasteiger partial charge is 0.312 e. The van der Waals surface area contributed by atoms with Gasteiger partial charge in [0.05, 0.1) is 12.3 Å². The highest BCUT2D eigenvalue weighted by atomic mass is 32.1. The van der Waals surface area contributed by atoms with E-state index >= 15 is 0 Å². The first kappa shape index (κ1) is 13.3. The van der Waals surface area contributed by atoms with Crippen molar-refractivity contribution < 1.29 is 14.6 Å². The summed E-state index contributed by atoms with van der Waals surface area (Å²) in [6, 6.07) is 0. The number of thiazole rings is 1. The van der Waals surface area contributed by atoms with Crippen molar-refractivity contribution in [2.45, 2.75) is 25.7 Å². The maximum atomic E-state index is 11.1. The van der Waals surface area contributed by atoms with Crippen LogP contribution in [0.1, 0.15) is 29.8 Å². The molecule has 1 aliphatic rings. The summed E-state index contributed by atoms with van der Waals surface area (Å²) in [5.41, 5.74) is 0.776. The van der Waals surface area contributed by atoms with E-state index < -0.39 is 11.9 Å². The Hall–Kier alpha value is -1.14. The molecule has 0 saturated heterocycles. The number of anilines is 1. The van der Waals surface area contributed by atoms with E-state index in [1.807, 2.05) is 0 Å². The van der Waals surface area contributed by atoms with E-state index in [1.165, 1.54) is 0 Å². The summed E-state index contributed by atoms with van der Waals surface area (Å²) in [5.74, 6) is -1.17. The van der Waals surface area contributed by atoms with E-state index in [9.17, 15) is 4.79 Å². The average molecular weight is 270 g/mol. The minimum Gasteiger partial charge on any atom is -0.481 e. The minimum absolute atomic E-state index is 0.411. The lowest BCUT2D eigenvalue weighted by Crippen LogP contribution is -2.26. The number of aliphatic carboxylic acids is 1. The molecule has 0 spiro atoms. The molecular weight excluding hydrogens is 252 g/mol. The highest BCUT2D eigenvalue weighted by Gasteiger charge is 2.33. The predicted molar refractivity (Wildman–Crippen MR) is 70.6 cm³/mol. The van der Waals surface area contributed by atoms with Gasteiger partial charge in [0, 0.05) is 25.1 Å². The molecule has 2 rings (SSSR count). The van der Waals surface area contributed by atoms with Crippen molar-refractivity contribution in [2.24, 2.45) is 0 Å². The van der Waals surface area contributed by atoms with Gasteiger partial charge in [0.25, 0.3) is 0 Å². The summed E-state index contributed by atoms with van der Waals surface area (Å²) in [6.07, 6.45) is 1.53. The molecule has 6 heteroatoms. The molecule has 5 nitrogen and oxygen atoms in total. The first-order valence-corrected chi connectivity index (χ1v) is 6.95. The first-order chi connectivity index (χ1) is 8.67.